The first-order valence-electron chi connectivity index (χ1n) is 6.49. The monoisotopic (exact) mass is 289 g/mol. The number of carbonyl (C=O) groups excluding carboxylic acids is 1. The molecular formula is C16H19NO2S. The number of rotatable bonds is 5. The molecule has 0 bridgehead atoms. The third-order valence-electron chi connectivity index (χ3n) is 3.21. The maximum absolute atomic E-state index is 11.4. The first-order chi connectivity index (χ1) is 9.60. The Kier molecular flexibility index (Phi) is 4.93. The van der Waals surface area contributed by atoms with Crippen LogP contribution in [0.2, 0.25) is 0 Å². The molecule has 1 aromatic heterocycles. The fraction of sp³-hybridized carbons (Fsp3) is 0.312. The second-order valence-corrected chi connectivity index (χ2v) is 5.89. The molecule has 106 valence electrons. The molecule has 0 fully saturated rings. The number of carbonyl (C=O) groups is 1. The van der Waals surface area contributed by atoms with Crippen LogP contribution in [-0.4, -0.2) is 25.0 Å². The van der Waals surface area contributed by atoms with Crippen LogP contribution in [0.1, 0.15) is 26.4 Å². The second-order valence-electron chi connectivity index (χ2n) is 4.89. The minimum absolute atomic E-state index is 0.292. The maximum Gasteiger partial charge on any atom is 0.337 e. The summed E-state index contributed by atoms with van der Waals surface area (Å²) in [6, 6.07) is 9.73. The van der Waals surface area contributed by atoms with E-state index < -0.39 is 0 Å². The number of hydrogen-bond donors (Lipinski definition) is 0. The summed E-state index contributed by atoms with van der Waals surface area (Å²) in [6.45, 7) is 3.95. The first-order valence-corrected chi connectivity index (χ1v) is 7.37. The van der Waals surface area contributed by atoms with Gasteiger partial charge < -0.3 is 4.74 Å². The Morgan fingerprint density at radius 1 is 1.20 bits per heavy atom. The highest BCUT2D eigenvalue weighted by molar-refractivity contribution is 7.10. The van der Waals surface area contributed by atoms with Gasteiger partial charge in [0.15, 0.2) is 0 Å². The zero-order valence-electron chi connectivity index (χ0n) is 12.1. The number of hydrogen-bond acceptors (Lipinski definition) is 4. The highest BCUT2D eigenvalue weighted by atomic mass is 32.1. The normalized spacial score (nSPS) is 10.8. The molecule has 0 radical (unpaired) electrons. The molecule has 1 aromatic carbocycles. The molecule has 0 atom stereocenters. The Morgan fingerprint density at radius 2 is 1.90 bits per heavy atom. The molecule has 0 unspecified atom stereocenters. The van der Waals surface area contributed by atoms with E-state index in [0.29, 0.717) is 5.56 Å². The van der Waals surface area contributed by atoms with Gasteiger partial charge in [-0.25, -0.2) is 4.79 Å². The van der Waals surface area contributed by atoms with Crippen LogP contribution in [-0.2, 0) is 17.8 Å². The van der Waals surface area contributed by atoms with Crippen LogP contribution < -0.4 is 0 Å². The quantitative estimate of drug-likeness (QED) is 0.789. The highest BCUT2D eigenvalue weighted by Gasteiger charge is 2.07. The largest absolute Gasteiger partial charge is 0.465 e. The number of benzene rings is 1. The fourth-order valence-corrected chi connectivity index (χ4v) is 3.03. The van der Waals surface area contributed by atoms with Crippen molar-refractivity contribution in [3.63, 3.8) is 0 Å². The Morgan fingerprint density at radius 3 is 2.45 bits per heavy atom. The van der Waals surface area contributed by atoms with Crippen molar-refractivity contribution < 1.29 is 9.53 Å². The molecule has 4 heteroatoms. The predicted molar refractivity (Wildman–Crippen MR) is 82.0 cm³/mol. The smallest absolute Gasteiger partial charge is 0.337 e. The first kappa shape index (κ1) is 14.8. The summed E-state index contributed by atoms with van der Waals surface area (Å²) in [7, 11) is 3.50. The Hall–Kier alpha value is -1.65. The Bertz CT molecular complexity index is 574. The van der Waals surface area contributed by atoms with Crippen LogP contribution in [0.3, 0.4) is 0 Å². The topological polar surface area (TPSA) is 29.5 Å². The van der Waals surface area contributed by atoms with Gasteiger partial charge in [0.1, 0.15) is 0 Å². The molecule has 0 aliphatic heterocycles. The summed E-state index contributed by atoms with van der Waals surface area (Å²) in [6.07, 6.45) is 0. The SMILES string of the molecule is COC(=O)c1ccc(CN(C)Cc2sccc2C)cc1. The number of thiophene rings is 1. The van der Waals surface area contributed by atoms with Crippen LogP contribution in [0.15, 0.2) is 35.7 Å². The van der Waals surface area contributed by atoms with Crippen LogP contribution in [0.5, 0.6) is 0 Å². The van der Waals surface area contributed by atoms with Crippen LogP contribution in [0.4, 0.5) is 0 Å². The van der Waals surface area contributed by atoms with E-state index >= 15 is 0 Å². The average Bonchev–Trinajstić information content (AvgIpc) is 2.84. The molecular weight excluding hydrogens is 270 g/mol. The third kappa shape index (κ3) is 3.68. The molecule has 0 spiro atoms. The lowest BCUT2D eigenvalue weighted by Gasteiger charge is -2.16. The highest BCUT2D eigenvalue weighted by Crippen LogP contribution is 2.18. The molecule has 1 heterocycles. The van der Waals surface area contributed by atoms with E-state index in [0.717, 1.165) is 13.1 Å². The van der Waals surface area contributed by atoms with Gasteiger partial charge in [0.05, 0.1) is 12.7 Å². The lowest BCUT2D eigenvalue weighted by atomic mass is 10.1. The number of methoxy groups -OCH3 is 1. The van der Waals surface area contributed by atoms with Crippen molar-refractivity contribution >= 4 is 17.3 Å². The van der Waals surface area contributed by atoms with Crippen molar-refractivity contribution in [2.24, 2.45) is 0 Å². The van der Waals surface area contributed by atoms with Crippen molar-refractivity contribution in [3.8, 4) is 0 Å². The number of nitrogens with zero attached hydrogens (tertiary/aromatic N) is 1. The zero-order valence-corrected chi connectivity index (χ0v) is 12.9. The molecule has 0 saturated heterocycles. The van der Waals surface area contributed by atoms with Crippen molar-refractivity contribution in [2.75, 3.05) is 14.2 Å². The van der Waals surface area contributed by atoms with Gasteiger partial charge in [-0.3, -0.25) is 4.90 Å². The molecule has 0 aliphatic carbocycles. The van der Waals surface area contributed by atoms with Crippen molar-refractivity contribution in [2.45, 2.75) is 20.0 Å². The van der Waals surface area contributed by atoms with Gasteiger partial charge in [-0.2, -0.15) is 0 Å². The van der Waals surface area contributed by atoms with E-state index in [1.54, 1.807) is 11.3 Å². The third-order valence-corrected chi connectivity index (χ3v) is 4.22. The zero-order chi connectivity index (χ0) is 14.5. The number of esters is 1. The second kappa shape index (κ2) is 6.68. The average molecular weight is 289 g/mol. The van der Waals surface area contributed by atoms with Gasteiger partial charge in [-0.05, 0) is 48.7 Å². The summed E-state index contributed by atoms with van der Waals surface area (Å²) in [5.41, 5.74) is 3.13. The summed E-state index contributed by atoms with van der Waals surface area (Å²) in [4.78, 5) is 15.0. The van der Waals surface area contributed by atoms with E-state index in [-0.39, 0.29) is 5.97 Å². The summed E-state index contributed by atoms with van der Waals surface area (Å²) in [5.74, 6) is -0.292. The minimum Gasteiger partial charge on any atom is -0.465 e. The molecule has 0 N–H and O–H groups in total. The van der Waals surface area contributed by atoms with E-state index in [1.165, 1.54) is 23.1 Å². The molecule has 0 amide bonds. The number of ether oxygens (including phenoxy) is 1. The van der Waals surface area contributed by atoms with Gasteiger partial charge in [-0.15, -0.1) is 11.3 Å². The van der Waals surface area contributed by atoms with Gasteiger partial charge in [0.25, 0.3) is 0 Å². The molecule has 2 rings (SSSR count). The standard InChI is InChI=1S/C16H19NO2S/c1-12-8-9-20-15(12)11-17(2)10-13-4-6-14(7-5-13)16(18)19-3/h4-9H,10-11H2,1-3H3. The van der Waals surface area contributed by atoms with E-state index in [2.05, 4.69) is 30.3 Å². The Labute approximate surface area is 123 Å². The minimum atomic E-state index is -0.292. The van der Waals surface area contributed by atoms with Crippen molar-refractivity contribution in [1.29, 1.82) is 0 Å². The molecule has 20 heavy (non-hydrogen) atoms. The molecule has 0 aliphatic rings. The lowest BCUT2D eigenvalue weighted by Crippen LogP contribution is -2.17. The van der Waals surface area contributed by atoms with Gasteiger partial charge in [-0.1, -0.05) is 12.1 Å². The predicted octanol–water partition coefficient (Wildman–Crippen LogP) is 3.48. The summed E-state index contributed by atoms with van der Waals surface area (Å²) >= 11 is 1.79. The maximum atomic E-state index is 11.4. The lowest BCUT2D eigenvalue weighted by molar-refractivity contribution is 0.0600. The van der Waals surface area contributed by atoms with Crippen LogP contribution in [0.25, 0.3) is 0 Å². The van der Waals surface area contributed by atoms with E-state index in [9.17, 15) is 4.79 Å². The van der Waals surface area contributed by atoms with Crippen LogP contribution in [0, 0.1) is 6.92 Å². The van der Waals surface area contributed by atoms with E-state index in [4.69, 9.17) is 4.74 Å². The molecule has 2 aromatic rings. The Balaban J connectivity index is 1.96. The van der Waals surface area contributed by atoms with Gasteiger partial charge >= 0.3 is 5.97 Å². The van der Waals surface area contributed by atoms with Crippen molar-refractivity contribution in [3.05, 3.63) is 57.3 Å². The summed E-state index contributed by atoms with van der Waals surface area (Å²) in [5, 5.41) is 2.13. The van der Waals surface area contributed by atoms with Gasteiger partial charge in [0.2, 0.25) is 0 Å². The van der Waals surface area contributed by atoms with Gasteiger partial charge in [0, 0.05) is 18.0 Å². The summed E-state index contributed by atoms with van der Waals surface area (Å²) < 4.78 is 4.69. The molecule has 3 nitrogen and oxygen atoms in total. The molecule has 0 saturated carbocycles. The number of aryl methyl sites for hydroxylation is 1. The fourth-order valence-electron chi connectivity index (χ4n) is 2.04. The van der Waals surface area contributed by atoms with Crippen LogP contribution >= 0.6 is 11.3 Å². The van der Waals surface area contributed by atoms with Crippen molar-refractivity contribution in [1.82, 2.24) is 4.90 Å². The van der Waals surface area contributed by atoms with E-state index in [1.807, 2.05) is 24.3 Å².